The number of halogens is 1. The van der Waals surface area contributed by atoms with Gasteiger partial charge in [0.15, 0.2) is 0 Å². The van der Waals surface area contributed by atoms with E-state index < -0.39 is 0 Å². The zero-order valence-electron chi connectivity index (χ0n) is 16.0. The van der Waals surface area contributed by atoms with E-state index in [-0.39, 0.29) is 29.4 Å². The van der Waals surface area contributed by atoms with Crippen molar-refractivity contribution >= 4 is 29.3 Å². The lowest BCUT2D eigenvalue weighted by Crippen LogP contribution is -2.45. The molecule has 0 aromatic heterocycles. The van der Waals surface area contributed by atoms with E-state index in [0.29, 0.717) is 23.6 Å². The van der Waals surface area contributed by atoms with Crippen molar-refractivity contribution in [3.63, 3.8) is 0 Å². The van der Waals surface area contributed by atoms with E-state index in [1.54, 1.807) is 30.3 Å². The summed E-state index contributed by atoms with van der Waals surface area (Å²) < 4.78 is 18.8. The fourth-order valence-corrected chi connectivity index (χ4v) is 4.50. The molecule has 29 heavy (non-hydrogen) atoms. The standard InChI is InChI=1S/C22H23FN2O3S/c23-15-4-7-18(8-5-15)29-14-21(26)24-16-6-9-20-19(13-16)22(27)25-11-2-1-3-17(25)10-12-28-20/h4-9,13,17H,1-3,10-12,14H2,(H,24,26). The molecule has 0 radical (unpaired) electrons. The molecule has 1 fully saturated rings. The molecule has 7 heteroatoms. The normalized spacial score (nSPS) is 18.7. The first-order chi connectivity index (χ1) is 14.1. The van der Waals surface area contributed by atoms with Crippen LogP contribution in [0, 0.1) is 5.82 Å². The molecule has 2 aliphatic rings. The van der Waals surface area contributed by atoms with E-state index in [0.717, 1.165) is 37.1 Å². The maximum absolute atomic E-state index is 13.1. The fourth-order valence-electron chi connectivity index (χ4n) is 3.81. The number of hydrogen-bond acceptors (Lipinski definition) is 4. The van der Waals surface area contributed by atoms with E-state index in [2.05, 4.69) is 5.32 Å². The van der Waals surface area contributed by atoms with Gasteiger partial charge < -0.3 is 15.0 Å². The molecular formula is C22H23FN2O3S. The van der Waals surface area contributed by atoms with E-state index in [9.17, 15) is 14.0 Å². The van der Waals surface area contributed by atoms with Crippen molar-refractivity contribution in [3.8, 4) is 5.75 Å². The Labute approximate surface area is 173 Å². The van der Waals surface area contributed by atoms with Gasteiger partial charge in [-0.25, -0.2) is 4.39 Å². The summed E-state index contributed by atoms with van der Waals surface area (Å²) in [6, 6.07) is 11.5. The van der Waals surface area contributed by atoms with Crippen LogP contribution in [0.2, 0.25) is 0 Å². The Kier molecular flexibility index (Phi) is 6.04. The van der Waals surface area contributed by atoms with Crippen LogP contribution in [-0.4, -0.2) is 41.7 Å². The smallest absolute Gasteiger partial charge is 0.257 e. The number of rotatable bonds is 4. The SMILES string of the molecule is O=C(CSc1ccc(F)cc1)Nc1ccc2c(c1)C(=O)N1CCCCC1CCO2. The molecule has 2 aliphatic heterocycles. The van der Waals surface area contributed by atoms with Crippen LogP contribution in [0.15, 0.2) is 47.4 Å². The number of anilines is 1. The fraction of sp³-hybridized carbons (Fsp3) is 0.364. The molecule has 1 N–H and O–H groups in total. The Bertz CT molecular complexity index is 903. The second-order valence-corrected chi connectivity index (χ2v) is 8.34. The molecule has 1 atom stereocenters. The molecule has 5 nitrogen and oxygen atoms in total. The Morgan fingerprint density at radius 3 is 2.83 bits per heavy atom. The monoisotopic (exact) mass is 414 g/mol. The highest BCUT2D eigenvalue weighted by Crippen LogP contribution is 2.31. The minimum Gasteiger partial charge on any atom is -0.493 e. The predicted molar refractivity (Wildman–Crippen MR) is 111 cm³/mol. The van der Waals surface area contributed by atoms with Gasteiger partial charge in [-0.05, 0) is 61.7 Å². The number of amides is 2. The third kappa shape index (κ3) is 4.72. The predicted octanol–water partition coefficient (Wildman–Crippen LogP) is 4.33. The first-order valence-electron chi connectivity index (χ1n) is 9.86. The number of ether oxygens (including phenoxy) is 1. The molecule has 2 aromatic rings. The first-order valence-corrected chi connectivity index (χ1v) is 10.8. The molecule has 4 rings (SSSR count). The van der Waals surface area contributed by atoms with Gasteiger partial charge in [-0.2, -0.15) is 0 Å². The minimum atomic E-state index is -0.303. The largest absolute Gasteiger partial charge is 0.493 e. The lowest BCUT2D eigenvalue weighted by atomic mass is 9.97. The average Bonchev–Trinajstić information content (AvgIpc) is 2.73. The number of carbonyl (C=O) groups is 2. The average molecular weight is 415 g/mol. The summed E-state index contributed by atoms with van der Waals surface area (Å²) in [6.07, 6.45) is 4.03. The molecule has 2 amide bonds. The molecule has 0 spiro atoms. The highest BCUT2D eigenvalue weighted by molar-refractivity contribution is 8.00. The maximum Gasteiger partial charge on any atom is 0.257 e. The van der Waals surface area contributed by atoms with Crippen molar-refractivity contribution in [2.75, 3.05) is 24.2 Å². The van der Waals surface area contributed by atoms with Crippen molar-refractivity contribution in [1.82, 2.24) is 4.90 Å². The van der Waals surface area contributed by atoms with Gasteiger partial charge in [-0.3, -0.25) is 9.59 Å². The Morgan fingerprint density at radius 2 is 2.00 bits per heavy atom. The number of piperidine rings is 1. The summed E-state index contributed by atoms with van der Waals surface area (Å²) >= 11 is 1.33. The van der Waals surface area contributed by atoms with E-state index in [1.165, 1.54) is 23.9 Å². The van der Waals surface area contributed by atoms with E-state index in [4.69, 9.17) is 4.74 Å². The number of fused-ring (bicyclic) bond motifs is 2. The van der Waals surface area contributed by atoms with Gasteiger partial charge in [0, 0.05) is 29.6 Å². The molecule has 0 aliphatic carbocycles. The zero-order valence-corrected chi connectivity index (χ0v) is 16.8. The third-order valence-electron chi connectivity index (χ3n) is 5.27. The molecule has 152 valence electrons. The van der Waals surface area contributed by atoms with Crippen LogP contribution < -0.4 is 10.1 Å². The topological polar surface area (TPSA) is 58.6 Å². The summed E-state index contributed by atoms with van der Waals surface area (Å²) in [7, 11) is 0. The van der Waals surface area contributed by atoms with Crippen molar-refractivity contribution in [2.45, 2.75) is 36.6 Å². The molecule has 0 bridgehead atoms. The third-order valence-corrected chi connectivity index (χ3v) is 6.29. The summed E-state index contributed by atoms with van der Waals surface area (Å²) in [5, 5.41) is 2.84. The number of hydrogen-bond donors (Lipinski definition) is 1. The number of nitrogens with one attached hydrogen (secondary N) is 1. The summed E-state index contributed by atoms with van der Waals surface area (Å²) in [4.78, 5) is 28.2. The summed E-state index contributed by atoms with van der Waals surface area (Å²) in [5.41, 5.74) is 1.07. The van der Waals surface area contributed by atoms with Crippen molar-refractivity contribution < 1.29 is 18.7 Å². The van der Waals surface area contributed by atoms with Gasteiger partial charge in [0.05, 0.1) is 17.9 Å². The van der Waals surface area contributed by atoms with Crippen molar-refractivity contribution in [3.05, 3.63) is 53.8 Å². The Balaban J connectivity index is 1.44. The van der Waals surface area contributed by atoms with Gasteiger partial charge in [-0.1, -0.05) is 0 Å². The lowest BCUT2D eigenvalue weighted by Gasteiger charge is -2.37. The number of carbonyl (C=O) groups excluding carboxylic acids is 2. The molecule has 2 heterocycles. The summed E-state index contributed by atoms with van der Waals surface area (Å²) in [5.74, 6) is 0.247. The van der Waals surface area contributed by atoms with E-state index in [1.807, 2.05) is 4.90 Å². The number of benzene rings is 2. The Hall–Kier alpha value is -2.54. The zero-order chi connectivity index (χ0) is 20.2. The highest BCUT2D eigenvalue weighted by atomic mass is 32.2. The van der Waals surface area contributed by atoms with E-state index >= 15 is 0 Å². The van der Waals surface area contributed by atoms with Crippen molar-refractivity contribution in [1.29, 1.82) is 0 Å². The van der Waals surface area contributed by atoms with Gasteiger partial charge >= 0.3 is 0 Å². The van der Waals surface area contributed by atoms with Crippen molar-refractivity contribution in [2.24, 2.45) is 0 Å². The highest BCUT2D eigenvalue weighted by Gasteiger charge is 2.31. The van der Waals surface area contributed by atoms with Crippen LogP contribution in [0.4, 0.5) is 10.1 Å². The van der Waals surface area contributed by atoms with Gasteiger partial charge in [0.25, 0.3) is 5.91 Å². The van der Waals surface area contributed by atoms with Gasteiger partial charge in [0.1, 0.15) is 11.6 Å². The quantitative estimate of drug-likeness (QED) is 0.757. The van der Waals surface area contributed by atoms with Crippen LogP contribution in [0.3, 0.4) is 0 Å². The second kappa shape index (κ2) is 8.86. The Morgan fingerprint density at radius 1 is 1.17 bits per heavy atom. The molecule has 1 unspecified atom stereocenters. The van der Waals surface area contributed by atoms with Gasteiger partial charge in [0.2, 0.25) is 5.91 Å². The molecule has 0 saturated carbocycles. The van der Waals surface area contributed by atoms with Crippen LogP contribution in [0.25, 0.3) is 0 Å². The second-order valence-electron chi connectivity index (χ2n) is 7.29. The molecule has 2 aromatic carbocycles. The number of nitrogens with zero attached hydrogens (tertiary/aromatic N) is 1. The van der Waals surface area contributed by atoms with Crippen LogP contribution in [0.5, 0.6) is 5.75 Å². The first kappa shape index (κ1) is 19.8. The van der Waals surface area contributed by atoms with Crippen LogP contribution in [-0.2, 0) is 4.79 Å². The van der Waals surface area contributed by atoms with Crippen LogP contribution in [0.1, 0.15) is 36.0 Å². The number of thioether (sulfide) groups is 1. The molecular weight excluding hydrogens is 391 g/mol. The minimum absolute atomic E-state index is 0.0267. The lowest BCUT2D eigenvalue weighted by molar-refractivity contribution is -0.113. The van der Waals surface area contributed by atoms with Gasteiger partial charge in [-0.15, -0.1) is 11.8 Å². The summed E-state index contributed by atoms with van der Waals surface area (Å²) in [6.45, 7) is 1.36. The van der Waals surface area contributed by atoms with Crippen LogP contribution >= 0.6 is 11.8 Å². The molecule has 1 saturated heterocycles. The maximum atomic E-state index is 13.1.